The Kier molecular flexibility index (Phi) is 5.30. The van der Waals surface area contributed by atoms with Crippen LogP contribution in [0.15, 0.2) is 18.2 Å². The molecule has 27 heavy (non-hydrogen) atoms. The minimum Gasteiger partial charge on any atom is -0.457 e. The molecule has 3 rings (SSSR count). The van der Waals surface area contributed by atoms with E-state index in [1.807, 2.05) is 37.6 Å². The highest BCUT2D eigenvalue weighted by Crippen LogP contribution is 2.35. The predicted octanol–water partition coefficient (Wildman–Crippen LogP) is 1.71. The molecule has 2 aliphatic rings. The number of carbonyl (C=O) groups is 4. The number of aromatic nitrogens is 1. The zero-order valence-corrected chi connectivity index (χ0v) is 15.9. The van der Waals surface area contributed by atoms with E-state index < -0.39 is 5.97 Å². The maximum atomic E-state index is 12.3. The molecule has 0 spiro atoms. The Hall–Kier alpha value is -2.70. The van der Waals surface area contributed by atoms with Crippen molar-refractivity contribution in [3.05, 3.63) is 35.2 Å². The van der Waals surface area contributed by atoms with Gasteiger partial charge in [0.15, 0.2) is 6.61 Å². The largest absolute Gasteiger partial charge is 0.457 e. The molecule has 0 unspecified atom stereocenters. The molecule has 144 valence electrons. The third kappa shape index (κ3) is 3.59. The lowest BCUT2D eigenvalue weighted by Crippen LogP contribution is -2.33. The molecule has 1 saturated heterocycles. The van der Waals surface area contributed by atoms with E-state index in [9.17, 15) is 19.2 Å². The van der Waals surface area contributed by atoms with Gasteiger partial charge in [-0.3, -0.25) is 24.1 Å². The molecule has 2 heterocycles. The van der Waals surface area contributed by atoms with Crippen molar-refractivity contribution in [1.82, 2.24) is 9.47 Å². The fourth-order valence-corrected chi connectivity index (χ4v) is 3.73. The van der Waals surface area contributed by atoms with Gasteiger partial charge in [-0.15, -0.1) is 0 Å². The summed E-state index contributed by atoms with van der Waals surface area (Å²) >= 11 is 0. The number of likely N-dealkylation sites (tertiary alicyclic amines) is 1. The number of fused-ring (bicyclic) bond motifs is 1. The minimum absolute atomic E-state index is 0.00115. The van der Waals surface area contributed by atoms with E-state index in [0.29, 0.717) is 18.4 Å². The third-order valence-electron chi connectivity index (χ3n) is 5.58. The molecule has 1 aliphatic heterocycles. The minimum atomic E-state index is -0.595. The molecule has 0 saturated carbocycles. The summed E-state index contributed by atoms with van der Waals surface area (Å²) in [7, 11) is 1.87. The second-order valence-corrected chi connectivity index (χ2v) is 7.16. The van der Waals surface area contributed by atoms with Gasteiger partial charge in [0.1, 0.15) is 0 Å². The van der Waals surface area contributed by atoms with Crippen LogP contribution in [0, 0.1) is 25.7 Å². The summed E-state index contributed by atoms with van der Waals surface area (Å²) in [5.74, 6) is -1.90. The van der Waals surface area contributed by atoms with Crippen LogP contribution in [0.3, 0.4) is 0 Å². The van der Waals surface area contributed by atoms with E-state index >= 15 is 0 Å². The smallest absolute Gasteiger partial charge is 0.308 e. The Balaban J connectivity index is 1.50. The molecule has 0 N–H and O–H groups in total. The van der Waals surface area contributed by atoms with Crippen LogP contribution in [0.4, 0.5) is 0 Å². The summed E-state index contributed by atoms with van der Waals surface area (Å²) in [5.41, 5.74) is 2.30. The molecule has 7 heteroatoms. The monoisotopic (exact) mass is 372 g/mol. The fraction of sp³-hybridized carbons (Fsp3) is 0.500. The van der Waals surface area contributed by atoms with Gasteiger partial charge in [0.2, 0.25) is 17.6 Å². The van der Waals surface area contributed by atoms with Crippen LogP contribution in [-0.2, 0) is 26.2 Å². The topological polar surface area (TPSA) is 85.7 Å². The van der Waals surface area contributed by atoms with Crippen molar-refractivity contribution in [3.63, 3.8) is 0 Å². The van der Waals surface area contributed by atoms with Crippen molar-refractivity contribution < 1.29 is 23.9 Å². The number of ether oxygens (including phenoxy) is 1. The van der Waals surface area contributed by atoms with Gasteiger partial charge in [0.25, 0.3) is 0 Å². The first-order valence-corrected chi connectivity index (χ1v) is 9.13. The highest BCUT2D eigenvalue weighted by molar-refractivity contribution is 6.05. The first kappa shape index (κ1) is 19.1. The van der Waals surface area contributed by atoms with Gasteiger partial charge in [0.05, 0.1) is 18.3 Å². The van der Waals surface area contributed by atoms with Crippen molar-refractivity contribution in [2.24, 2.45) is 18.9 Å². The van der Waals surface area contributed by atoms with Gasteiger partial charge >= 0.3 is 5.97 Å². The predicted molar refractivity (Wildman–Crippen MR) is 96.9 cm³/mol. The third-order valence-corrected chi connectivity index (χ3v) is 5.58. The van der Waals surface area contributed by atoms with E-state index in [0.717, 1.165) is 16.3 Å². The average Bonchev–Trinajstić information content (AvgIpc) is 3.06. The van der Waals surface area contributed by atoms with Gasteiger partial charge in [0, 0.05) is 30.5 Å². The van der Waals surface area contributed by atoms with Gasteiger partial charge in [-0.05, 0) is 32.8 Å². The van der Waals surface area contributed by atoms with Crippen LogP contribution in [0.25, 0.3) is 0 Å². The number of imide groups is 1. The number of amides is 2. The van der Waals surface area contributed by atoms with Crippen LogP contribution < -0.4 is 0 Å². The van der Waals surface area contributed by atoms with Crippen molar-refractivity contribution >= 4 is 23.6 Å². The van der Waals surface area contributed by atoms with Crippen molar-refractivity contribution in [2.45, 2.75) is 33.1 Å². The second-order valence-electron chi connectivity index (χ2n) is 7.16. The molecular formula is C20H24N2O5. The molecule has 0 radical (unpaired) electrons. The Morgan fingerprint density at radius 3 is 2.22 bits per heavy atom. The van der Waals surface area contributed by atoms with E-state index in [2.05, 4.69) is 0 Å². The molecule has 2 amide bonds. The molecule has 0 bridgehead atoms. The van der Waals surface area contributed by atoms with Gasteiger partial charge in [-0.1, -0.05) is 12.2 Å². The number of nitrogens with zero attached hydrogens (tertiary/aromatic N) is 2. The van der Waals surface area contributed by atoms with Crippen LogP contribution in [0.2, 0.25) is 0 Å². The molecular weight excluding hydrogens is 348 g/mol. The van der Waals surface area contributed by atoms with Crippen LogP contribution in [0.1, 0.15) is 41.0 Å². The molecule has 1 aromatic rings. The average molecular weight is 372 g/mol. The number of rotatable bonds is 6. The molecule has 1 aromatic heterocycles. The first-order chi connectivity index (χ1) is 12.8. The summed E-state index contributed by atoms with van der Waals surface area (Å²) in [6.45, 7) is 3.38. The van der Waals surface area contributed by atoms with E-state index in [1.165, 1.54) is 0 Å². The number of hydrogen-bond acceptors (Lipinski definition) is 5. The Morgan fingerprint density at radius 1 is 1.11 bits per heavy atom. The lowest BCUT2D eigenvalue weighted by Gasteiger charge is -2.14. The highest BCUT2D eigenvalue weighted by atomic mass is 16.5. The summed E-state index contributed by atoms with van der Waals surface area (Å²) in [6.07, 6.45) is 4.87. The van der Waals surface area contributed by atoms with Crippen LogP contribution in [-0.4, -0.2) is 46.2 Å². The Morgan fingerprint density at radius 2 is 1.70 bits per heavy atom. The number of esters is 1. The van der Waals surface area contributed by atoms with Crippen molar-refractivity contribution in [2.75, 3.05) is 13.2 Å². The molecule has 7 nitrogen and oxygen atoms in total. The van der Waals surface area contributed by atoms with Gasteiger partial charge in [-0.25, -0.2) is 0 Å². The van der Waals surface area contributed by atoms with E-state index in [1.54, 1.807) is 6.07 Å². The van der Waals surface area contributed by atoms with Crippen LogP contribution in [0.5, 0.6) is 0 Å². The standard InChI is InChI=1S/C20H24N2O5/c1-12-10-16(13(2)21(12)3)17(23)11-27-18(24)8-9-22-19(25)14-6-4-5-7-15(14)20(22)26/h4-5,10,14-15H,6-9,11H2,1-3H3/t14-,15-/m1/s1. The summed E-state index contributed by atoms with van der Waals surface area (Å²) < 4.78 is 6.95. The van der Waals surface area contributed by atoms with Gasteiger partial charge in [-0.2, -0.15) is 0 Å². The molecule has 1 aliphatic carbocycles. The molecule has 2 atom stereocenters. The molecule has 1 fully saturated rings. The highest BCUT2D eigenvalue weighted by Gasteiger charge is 2.46. The van der Waals surface area contributed by atoms with E-state index in [-0.39, 0.29) is 49.0 Å². The number of aryl methyl sites for hydroxylation is 1. The fourth-order valence-electron chi connectivity index (χ4n) is 3.73. The number of hydrogen-bond donors (Lipinski definition) is 0. The van der Waals surface area contributed by atoms with E-state index in [4.69, 9.17) is 4.74 Å². The SMILES string of the molecule is Cc1cc(C(=O)COC(=O)CCN2C(=O)[C@@H]3CC=CC[C@H]3C2=O)c(C)n1C. The van der Waals surface area contributed by atoms with Crippen molar-refractivity contribution in [3.8, 4) is 0 Å². The zero-order chi connectivity index (χ0) is 19.7. The number of carbonyl (C=O) groups excluding carboxylic acids is 4. The quantitative estimate of drug-likeness (QED) is 0.328. The van der Waals surface area contributed by atoms with Crippen LogP contribution >= 0.6 is 0 Å². The van der Waals surface area contributed by atoms with Crippen molar-refractivity contribution in [1.29, 1.82) is 0 Å². The number of Topliss-reactive ketones (excluding diaryl/α,β-unsaturated/α-hetero) is 1. The second kappa shape index (κ2) is 7.50. The zero-order valence-electron chi connectivity index (χ0n) is 15.9. The maximum Gasteiger partial charge on any atom is 0.308 e. The summed E-state index contributed by atoms with van der Waals surface area (Å²) in [6, 6.07) is 1.77. The number of allylic oxidation sites excluding steroid dienone is 2. The lowest BCUT2D eigenvalue weighted by atomic mass is 9.85. The molecule has 0 aromatic carbocycles. The summed E-state index contributed by atoms with van der Waals surface area (Å²) in [4.78, 5) is 50.1. The number of ketones is 1. The Labute approximate surface area is 158 Å². The Bertz CT molecular complexity index is 810. The lowest BCUT2D eigenvalue weighted by molar-refractivity contribution is -0.145. The normalized spacial score (nSPS) is 21.5. The van der Waals surface area contributed by atoms with Gasteiger partial charge < -0.3 is 9.30 Å². The maximum absolute atomic E-state index is 12.3. The summed E-state index contributed by atoms with van der Waals surface area (Å²) in [5, 5.41) is 0. The first-order valence-electron chi connectivity index (χ1n) is 9.13.